The molecule has 2 rings (SSSR count). The van der Waals surface area contributed by atoms with E-state index in [9.17, 15) is 14.7 Å². The number of aryl methyl sites for hydroxylation is 1. The van der Waals surface area contributed by atoms with Gasteiger partial charge in [-0.3, -0.25) is 4.79 Å². The molecule has 0 saturated heterocycles. The highest BCUT2D eigenvalue weighted by Gasteiger charge is 2.22. The van der Waals surface area contributed by atoms with Crippen LogP contribution in [0, 0.1) is 6.92 Å². The average Bonchev–Trinajstić information content (AvgIpc) is 2.52. The van der Waals surface area contributed by atoms with Gasteiger partial charge in [0.05, 0.1) is 10.5 Å². The van der Waals surface area contributed by atoms with Crippen molar-refractivity contribution in [3.63, 3.8) is 0 Å². The Morgan fingerprint density at radius 2 is 2.00 bits per heavy atom. The van der Waals surface area contributed by atoms with E-state index in [1.807, 2.05) is 0 Å². The van der Waals surface area contributed by atoms with Crippen molar-refractivity contribution >= 4 is 34.4 Å². The topological polar surface area (TPSA) is 79.5 Å². The number of carboxylic acid groups (broad SMARTS) is 2. The van der Waals surface area contributed by atoms with E-state index in [2.05, 4.69) is 0 Å². The van der Waals surface area contributed by atoms with Crippen LogP contribution in [0.4, 0.5) is 0 Å². The van der Waals surface area contributed by atoms with Gasteiger partial charge in [0.1, 0.15) is 12.2 Å². The monoisotopic (exact) mass is 267 g/mol. The standard InChI is InChI=1S/C12H10ClNO4/c1-6-7-3-2-4-8(13)11(7)14(5-9(15)16)10(6)12(17)18/h2-4H,5H2,1H3,(H,15,16)(H,17,18). The highest BCUT2D eigenvalue weighted by atomic mass is 35.5. The van der Waals surface area contributed by atoms with Crippen LogP contribution >= 0.6 is 11.6 Å². The fraction of sp³-hybridized carbons (Fsp3) is 0.167. The summed E-state index contributed by atoms with van der Waals surface area (Å²) in [6, 6.07) is 5.03. The Kier molecular flexibility index (Phi) is 3.00. The highest BCUT2D eigenvalue weighted by Crippen LogP contribution is 2.31. The summed E-state index contributed by atoms with van der Waals surface area (Å²) in [5, 5.41) is 19.1. The fourth-order valence-corrected chi connectivity index (χ4v) is 2.38. The number of nitrogens with zero attached hydrogens (tertiary/aromatic N) is 1. The summed E-state index contributed by atoms with van der Waals surface area (Å²) in [6.07, 6.45) is 0. The number of hydrogen-bond donors (Lipinski definition) is 2. The van der Waals surface area contributed by atoms with Gasteiger partial charge in [-0.25, -0.2) is 4.79 Å². The molecule has 0 aliphatic heterocycles. The third kappa shape index (κ3) is 1.82. The van der Waals surface area contributed by atoms with Crippen LogP contribution in [0.5, 0.6) is 0 Å². The molecule has 0 aliphatic carbocycles. The van der Waals surface area contributed by atoms with Crippen molar-refractivity contribution in [3.05, 3.63) is 34.5 Å². The molecule has 1 heterocycles. The normalized spacial score (nSPS) is 10.8. The first kappa shape index (κ1) is 12.4. The molecule has 0 unspecified atom stereocenters. The van der Waals surface area contributed by atoms with Gasteiger partial charge in [-0.05, 0) is 18.6 Å². The molecule has 6 heteroatoms. The van der Waals surface area contributed by atoms with Crippen molar-refractivity contribution in [1.82, 2.24) is 4.57 Å². The number of halogens is 1. The zero-order valence-corrected chi connectivity index (χ0v) is 10.2. The minimum Gasteiger partial charge on any atom is -0.480 e. The maximum atomic E-state index is 11.2. The van der Waals surface area contributed by atoms with Crippen LogP contribution in [-0.2, 0) is 11.3 Å². The van der Waals surface area contributed by atoms with Crippen molar-refractivity contribution in [2.75, 3.05) is 0 Å². The molecule has 0 spiro atoms. The molecule has 0 aliphatic rings. The van der Waals surface area contributed by atoms with E-state index in [1.165, 1.54) is 4.57 Å². The largest absolute Gasteiger partial charge is 0.480 e. The molecule has 18 heavy (non-hydrogen) atoms. The maximum Gasteiger partial charge on any atom is 0.352 e. The van der Waals surface area contributed by atoms with Crippen molar-refractivity contribution < 1.29 is 19.8 Å². The molecule has 0 radical (unpaired) electrons. The molecular formula is C12H10ClNO4. The number of para-hydroxylation sites is 1. The fourth-order valence-electron chi connectivity index (χ4n) is 2.10. The van der Waals surface area contributed by atoms with Gasteiger partial charge < -0.3 is 14.8 Å². The molecular weight excluding hydrogens is 258 g/mol. The summed E-state index contributed by atoms with van der Waals surface area (Å²) in [6.45, 7) is 1.20. The third-order valence-corrected chi connectivity index (χ3v) is 3.09. The maximum absolute atomic E-state index is 11.2. The number of carbonyl (C=O) groups is 2. The second-order valence-corrected chi connectivity index (χ2v) is 4.30. The van der Waals surface area contributed by atoms with Gasteiger partial charge in [0, 0.05) is 5.39 Å². The van der Waals surface area contributed by atoms with E-state index in [-0.39, 0.29) is 5.69 Å². The Balaban J connectivity index is 2.89. The number of rotatable bonds is 3. The number of benzene rings is 1. The Morgan fingerprint density at radius 1 is 1.33 bits per heavy atom. The zero-order valence-electron chi connectivity index (χ0n) is 9.48. The van der Waals surface area contributed by atoms with Crippen LogP contribution in [0.1, 0.15) is 16.1 Å². The van der Waals surface area contributed by atoms with Gasteiger partial charge in [-0.15, -0.1) is 0 Å². The van der Waals surface area contributed by atoms with Crippen molar-refractivity contribution in [1.29, 1.82) is 0 Å². The minimum absolute atomic E-state index is 0.0412. The van der Waals surface area contributed by atoms with Gasteiger partial charge in [0.25, 0.3) is 0 Å². The van der Waals surface area contributed by atoms with E-state index < -0.39 is 18.5 Å². The van der Waals surface area contributed by atoms with Crippen LogP contribution in [0.25, 0.3) is 10.9 Å². The summed E-state index contributed by atoms with van der Waals surface area (Å²) < 4.78 is 1.22. The lowest BCUT2D eigenvalue weighted by molar-refractivity contribution is -0.137. The van der Waals surface area contributed by atoms with Gasteiger partial charge in [0.15, 0.2) is 0 Å². The Hall–Kier alpha value is -2.01. The van der Waals surface area contributed by atoms with Crippen molar-refractivity contribution in [2.45, 2.75) is 13.5 Å². The summed E-state index contributed by atoms with van der Waals surface area (Å²) in [4.78, 5) is 22.1. The summed E-state index contributed by atoms with van der Waals surface area (Å²) in [5.74, 6) is -2.28. The molecule has 1 aromatic carbocycles. The molecule has 0 amide bonds. The molecule has 5 nitrogen and oxygen atoms in total. The smallest absolute Gasteiger partial charge is 0.352 e. The SMILES string of the molecule is Cc1c(C(=O)O)n(CC(=O)O)c2c(Cl)cccc12. The van der Waals surface area contributed by atoms with Crippen LogP contribution in [0.2, 0.25) is 5.02 Å². The van der Waals surface area contributed by atoms with Crippen LogP contribution < -0.4 is 0 Å². The Morgan fingerprint density at radius 3 is 2.56 bits per heavy atom. The summed E-state index contributed by atoms with van der Waals surface area (Å²) in [7, 11) is 0. The quantitative estimate of drug-likeness (QED) is 0.895. The first-order valence-electron chi connectivity index (χ1n) is 5.16. The van der Waals surface area contributed by atoms with Gasteiger partial charge in [0.2, 0.25) is 0 Å². The van der Waals surface area contributed by atoms with E-state index in [0.717, 1.165) is 0 Å². The molecule has 94 valence electrons. The lowest BCUT2D eigenvalue weighted by Gasteiger charge is -2.06. The van der Waals surface area contributed by atoms with Gasteiger partial charge in [-0.2, -0.15) is 0 Å². The van der Waals surface area contributed by atoms with E-state index in [0.29, 0.717) is 21.5 Å². The zero-order chi connectivity index (χ0) is 13.4. The second-order valence-electron chi connectivity index (χ2n) is 3.89. The van der Waals surface area contributed by atoms with Crippen LogP contribution in [0.3, 0.4) is 0 Å². The number of aliphatic carboxylic acids is 1. The van der Waals surface area contributed by atoms with Crippen molar-refractivity contribution in [3.8, 4) is 0 Å². The van der Waals surface area contributed by atoms with E-state index >= 15 is 0 Å². The Bertz CT molecular complexity index is 660. The van der Waals surface area contributed by atoms with Crippen molar-refractivity contribution in [2.24, 2.45) is 0 Å². The minimum atomic E-state index is -1.17. The van der Waals surface area contributed by atoms with Crippen LogP contribution in [-0.4, -0.2) is 26.7 Å². The Labute approximate surface area is 107 Å². The lowest BCUT2D eigenvalue weighted by atomic mass is 10.1. The first-order chi connectivity index (χ1) is 8.43. The number of fused-ring (bicyclic) bond motifs is 1. The highest BCUT2D eigenvalue weighted by molar-refractivity contribution is 6.35. The molecule has 1 aromatic heterocycles. The molecule has 0 bridgehead atoms. The average molecular weight is 268 g/mol. The third-order valence-electron chi connectivity index (χ3n) is 2.78. The molecule has 2 N–H and O–H groups in total. The van der Waals surface area contributed by atoms with Gasteiger partial charge >= 0.3 is 11.9 Å². The number of carboxylic acids is 2. The molecule has 0 saturated carbocycles. The molecule has 2 aromatic rings. The molecule has 0 fully saturated rings. The predicted octanol–water partition coefficient (Wildman–Crippen LogP) is 2.39. The van der Waals surface area contributed by atoms with Gasteiger partial charge in [-0.1, -0.05) is 23.7 Å². The summed E-state index contributed by atoms with van der Waals surface area (Å²) >= 11 is 6.03. The second kappa shape index (κ2) is 4.34. The predicted molar refractivity (Wildman–Crippen MR) is 66.3 cm³/mol. The number of aromatic nitrogens is 1. The molecule has 0 atom stereocenters. The lowest BCUT2D eigenvalue weighted by Crippen LogP contribution is -2.15. The summed E-state index contributed by atoms with van der Waals surface area (Å²) in [5.41, 5.74) is 0.915. The van der Waals surface area contributed by atoms with E-state index in [4.69, 9.17) is 16.7 Å². The number of hydrogen-bond acceptors (Lipinski definition) is 2. The number of aromatic carboxylic acids is 1. The van der Waals surface area contributed by atoms with Crippen LogP contribution in [0.15, 0.2) is 18.2 Å². The first-order valence-corrected chi connectivity index (χ1v) is 5.53. The van der Waals surface area contributed by atoms with E-state index in [1.54, 1.807) is 25.1 Å².